The fraction of sp³-hybridized carbons (Fsp3) is 0.357. The van der Waals surface area contributed by atoms with E-state index in [0.29, 0.717) is 9.88 Å². The highest BCUT2D eigenvalue weighted by atomic mass is 32.1. The molecule has 0 radical (unpaired) electrons. The molecule has 2 amide bonds. The van der Waals surface area contributed by atoms with E-state index in [2.05, 4.69) is 11.2 Å². The lowest BCUT2D eigenvalue weighted by molar-refractivity contribution is -0.137. The molecule has 1 aliphatic rings. The number of nitrogens with one attached hydrogen (secondary N) is 1. The van der Waals surface area contributed by atoms with Gasteiger partial charge in [-0.15, -0.1) is 17.8 Å². The van der Waals surface area contributed by atoms with Crippen LogP contribution in [0.3, 0.4) is 0 Å². The number of nitrogens with zero attached hydrogens (tertiary/aromatic N) is 1. The first-order valence-electron chi connectivity index (χ1n) is 6.36. The Morgan fingerprint density at radius 3 is 2.71 bits per heavy atom. The van der Waals surface area contributed by atoms with E-state index >= 15 is 0 Å². The van der Waals surface area contributed by atoms with Gasteiger partial charge in [-0.25, -0.2) is 0 Å². The molecular weight excluding hydrogens is 292 g/mol. The fourth-order valence-corrected chi connectivity index (χ4v) is 2.59. The largest absolute Gasteiger partial charge is 0.480 e. The number of terminal acetylenes is 1. The summed E-state index contributed by atoms with van der Waals surface area (Å²) in [6.45, 7) is -0.530. The van der Waals surface area contributed by atoms with Crippen molar-refractivity contribution in [2.45, 2.75) is 12.8 Å². The van der Waals surface area contributed by atoms with Gasteiger partial charge in [-0.05, 0) is 25.0 Å². The van der Waals surface area contributed by atoms with Gasteiger partial charge in [-0.2, -0.15) is 0 Å². The van der Waals surface area contributed by atoms with Crippen molar-refractivity contribution in [1.82, 2.24) is 4.90 Å². The van der Waals surface area contributed by atoms with Crippen LogP contribution in [0.4, 0.5) is 5.00 Å². The first kappa shape index (κ1) is 15.1. The lowest BCUT2D eigenvalue weighted by atomic mass is 10.3. The van der Waals surface area contributed by atoms with Gasteiger partial charge in [0.1, 0.15) is 6.54 Å². The second-order valence-electron chi connectivity index (χ2n) is 4.69. The average molecular weight is 306 g/mol. The minimum Gasteiger partial charge on any atom is -0.480 e. The molecule has 1 saturated carbocycles. The zero-order chi connectivity index (χ0) is 15.4. The molecule has 21 heavy (non-hydrogen) atoms. The maximum absolute atomic E-state index is 12.2. The van der Waals surface area contributed by atoms with Crippen molar-refractivity contribution in [3.8, 4) is 12.3 Å². The van der Waals surface area contributed by atoms with Crippen LogP contribution in [0.5, 0.6) is 0 Å². The molecule has 2 N–H and O–H groups in total. The Morgan fingerprint density at radius 2 is 2.14 bits per heavy atom. The van der Waals surface area contributed by atoms with Crippen LogP contribution < -0.4 is 5.32 Å². The molecule has 0 aromatic carbocycles. The van der Waals surface area contributed by atoms with E-state index in [4.69, 9.17) is 11.5 Å². The minimum atomic E-state index is -1.13. The molecular formula is C14H14N2O4S. The summed E-state index contributed by atoms with van der Waals surface area (Å²) in [5.41, 5.74) is 0. The summed E-state index contributed by atoms with van der Waals surface area (Å²) < 4.78 is 0. The molecule has 1 heterocycles. The SMILES string of the molecule is C#CCN(CC(=O)O)C(=O)c1ccc(NC(=O)C2CC2)s1. The first-order valence-corrected chi connectivity index (χ1v) is 7.18. The second-order valence-corrected chi connectivity index (χ2v) is 5.77. The van der Waals surface area contributed by atoms with Crippen LogP contribution in [0, 0.1) is 18.3 Å². The van der Waals surface area contributed by atoms with Crippen LogP contribution in [-0.4, -0.2) is 40.9 Å². The zero-order valence-corrected chi connectivity index (χ0v) is 12.0. The number of carbonyl (C=O) groups excluding carboxylic acids is 2. The summed E-state index contributed by atoms with van der Waals surface area (Å²) in [4.78, 5) is 36.0. The number of carboxylic acids is 1. The zero-order valence-electron chi connectivity index (χ0n) is 11.2. The summed E-state index contributed by atoms with van der Waals surface area (Å²) in [7, 11) is 0. The molecule has 7 heteroatoms. The number of aliphatic carboxylic acids is 1. The molecule has 2 rings (SSSR count). The van der Waals surface area contributed by atoms with Crippen molar-refractivity contribution in [2.75, 3.05) is 18.4 Å². The van der Waals surface area contributed by atoms with Crippen molar-refractivity contribution in [3.63, 3.8) is 0 Å². The van der Waals surface area contributed by atoms with E-state index < -0.39 is 18.4 Å². The number of amides is 2. The predicted octanol–water partition coefficient (Wildman–Crippen LogP) is 1.26. The van der Waals surface area contributed by atoms with E-state index in [-0.39, 0.29) is 18.4 Å². The Labute approximate surface area is 125 Å². The highest BCUT2D eigenvalue weighted by Gasteiger charge is 2.30. The third-order valence-corrected chi connectivity index (χ3v) is 3.90. The molecule has 0 bridgehead atoms. The van der Waals surface area contributed by atoms with Gasteiger partial charge < -0.3 is 15.3 Å². The third kappa shape index (κ3) is 4.07. The lowest BCUT2D eigenvalue weighted by Crippen LogP contribution is -2.35. The van der Waals surface area contributed by atoms with E-state index in [1.807, 2.05) is 0 Å². The molecule has 1 aromatic rings. The molecule has 0 saturated heterocycles. The van der Waals surface area contributed by atoms with Gasteiger partial charge in [0, 0.05) is 5.92 Å². The summed E-state index contributed by atoms with van der Waals surface area (Å²) in [5, 5.41) is 12.1. The molecule has 0 unspecified atom stereocenters. The summed E-state index contributed by atoms with van der Waals surface area (Å²) >= 11 is 1.11. The normalized spacial score (nSPS) is 13.3. The number of anilines is 1. The Bertz CT molecular complexity index is 613. The van der Waals surface area contributed by atoms with Crippen molar-refractivity contribution in [1.29, 1.82) is 0 Å². The molecule has 110 valence electrons. The highest BCUT2D eigenvalue weighted by molar-refractivity contribution is 7.18. The summed E-state index contributed by atoms with van der Waals surface area (Å²) in [6, 6.07) is 3.19. The third-order valence-electron chi connectivity index (χ3n) is 2.91. The van der Waals surface area contributed by atoms with Gasteiger partial charge >= 0.3 is 5.97 Å². The molecule has 0 spiro atoms. The van der Waals surface area contributed by atoms with E-state index in [1.54, 1.807) is 12.1 Å². The molecule has 6 nitrogen and oxygen atoms in total. The number of rotatable bonds is 6. The molecule has 0 atom stereocenters. The first-order chi connectivity index (χ1) is 10.0. The summed E-state index contributed by atoms with van der Waals surface area (Å²) in [5.74, 6) is 0.724. The van der Waals surface area contributed by atoms with Crippen molar-refractivity contribution in [3.05, 3.63) is 17.0 Å². The van der Waals surface area contributed by atoms with Crippen LogP contribution in [-0.2, 0) is 9.59 Å². The van der Waals surface area contributed by atoms with Gasteiger partial charge in [0.25, 0.3) is 5.91 Å². The molecule has 0 aliphatic heterocycles. The standard InChI is InChI=1S/C14H14N2O4S/c1-2-7-16(8-12(17)18)14(20)10-5-6-11(21-10)15-13(19)9-3-4-9/h1,5-6,9H,3-4,7-8H2,(H,15,19)(H,17,18). The molecule has 1 fully saturated rings. The summed E-state index contributed by atoms with van der Waals surface area (Å²) in [6.07, 6.45) is 6.94. The van der Waals surface area contributed by atoms with Crippen molar-refractivity contribution < 1.29 is 19.5 Å². The minimum absolute atomic E-state index is 0.0399. The van der Waals surface area contributed by atoms with Gasteiger partial charge in [-0.1, -0.05) is 5.92 Å². The monoisotopic (exact) mass is 306 g/mol. The fourth-order valence-electron chi connectivity index (χ4n) is 1.72. The van der Waals surface area contributed by atoms with Crippen LogP contribution in [0.15, 0.2) is 12.1 Å². The topological polar surface area (TPSA) is 86.7 Å². The van der Waals surface area contributed by atoms with Crippen LogP contribution in [0.2, 0.25) is 0 Å². The maximum atomic E-state index is 12.2. The number of carbonyl (C=O) groups is 3. The van der Waals surface area contributed by atoms with Gasteiger partial charge in [0.05, 0.1) is 16.4 Å². The Hall–Kier alpha value is -2.33. The van der Waals surface area contributed by atoms with Crippen LogP contribution in [0.1, 0.15) is 22.5 Å². The van der Waals surface area contributed by atoms with Crippen molar-refractivity contribution in [2.24, 2.45) is 5.92 Å². The van der Waals surface area contributed by atoms with Gasteiger partial charge in [0.15, 0.2) is 0 Å². The number of hydrogen-bond donors (Lipinski definition) is 2. The quantitative estimate of drug-likeness (QED) is 0.775. The van der Waals surface area contributed by atoms with Gasteiger partial charge in [0.2, 0.25) is 5.91 Å². The highest BCUT2D eigenvalue weighted by Crippen LogP contribution is 2.31. The predicted molar refractivity (Wildman–Crippen MR) is 78.0 cm³/mol. The smallest absolute Gasteiger partial charge is 0.323 e. The number of hydrogen-bond acceptors (Lipinski definition) is 4. The lowest BCUT2D eigenvalue weighted by Gasteiger charge is -2.16. The average Bonchev–Trinajstić information content (AvgIpc) is 3.18. The Kier molecular flexibility index (Phi) is 4.60. The number of carboxylic acid groups (broad SMARTS) is 1. The van der Waals surface area contributed by atoms with Crippen molar-refractivity contribution >= 4 is 34.1 Å². The Balaban J connectivity index is 2.03. The number of thiophene rings is 1. The Morgan fingerprint density at radius 1 is 1.43 bits per heavy atom. The molecule has 1 aromatic heterocycles. The van der Waals surface area contributed by atoms with E-state index in [1.165, 1.54) is 0 Å². The molecule has 1 aliphatic carbocycles. The van der Waals surface area contributed by atoms with E-state index in [0.717, 1.165) is 29.1 Å². The maximum Gasteiger partial charge on any atom is 0.323 e. The van der Waals surface area contributed by atoms with Gasteiger partial charge in [-0.3, -0.25) is 14.4 Å². The van der Waals surface area contributed by atoms with Crippen LogP contribution in [0.25, 0.3) is 0 Å². The second kappa shape index (κ2) is 6.41. The van der Waals surface area contributed by atoms with Crippen LogP contribution >= 0.6 is 11.3 Å². The van der Waals surface area contributed by atoms with E-state index in [9.17, 15) is 14.4 Å².